The summed E-state index contributed by atoms with van der Waals surface area (Å²) < 4.78 is 5.11. The summed E-state index contributed by atoms with van der Waals surface area (Å²) in [6, 6.07) is 75.7. The Labute approximate surface area is 366 Å². The second-order valence-electron chi connectivity index (χ2n) is 15.6. The molecule has 0 radical (unpaired) electrons. The largest absolute Gasteiger partial charge is 0.208 e. The van der Waals surface area contributed by atoms with E-state index in [0.717, 1.165) is 38.9 Å². The summed E-state index contributed by atoms with van der Waals surface area (Å²) in [6.45, 7) is 0. The topological polar surface area (TPSA) is 38.7 Å². The second-order valence-corrected chi connectivity index (χ2v) is 17.7. The summed E-state index contributed by atoms with van der Waals surface area (Å²) in [5, 5.41) is 5.10. The maximum absolute atomic E-state index is 5.30. The van der Waals surface area contributed by atoms with E-state index in [1.54, 1.807) is 0 Å². The van der Waals surface area contributed by atoms with E-state index in [0.29, 0.717) is 17.5 Å². The molecular weight excluding hydrogens is 791 g/mol. The lowest BCUT2D eigenvalue weighted by Gasteiger charge is -2.13. The molecule has 0 fully saturated rings. The standard InChI is InChI=1S/C57H35N3S2/c1-3-14-36(15-4-1)40-18-11-19-41(32-40)37-28-30-39(31-29-37)56-58-55(38-16-5-2-6-17-38)59-57(60-56)44-34-42(45-22-12-24-49-47-20-7-9-26-51(47)61-53(45)49)33-43(35-44)46-23-13-25-50-48-21-8-10-27-52(48)62-54(46)50/h1-35H. The first-order chi connectivity index (χ1) is 30.7. The fourth-order valence-electron chi connectivity index (χ4n) is 8.69. The number of nitrogens with zero attached hydrogens (tertiary/aromatic N) is 3. The number of rotatable bonds is 7. The van der Waals surface area contributed by atoms with Crippen molar-refractivity contribution in [3.63, 3.8) is 0 Å². The Morgan fingerprint density at radius 3 is 1.15 bits per heavy atom. The molecule has 290 valence electrons. The van der Waals surface area contributed by atoms with Gasteiger partial charge < -0.3 is 0 Å². The van der Waals surface area contributed by atoms with Crippen LogP contribution < -0.4 is 0 Å². The second kappa shape index (κ2) is 15.2. The van der Waals surface area contributed by atoms with Gasteiger partial charge in [0.2, 0.25) is 0 Å². The van der Waals surface area contributed by atoms with Crippen LogP contribution in [0.5, 0.6) is 0 Å². The van der Waals surface area contributed by atoms with E-state index in [4.69, 9.17) is 15.0 Å². The van der Waals surface area contributed by atoms with Gasteiger partial charge in [-0.15, -0.1) is 22.7 Å². The minimum Gasteiger partial charge on any atom is -0.208 e. The minimum absolute atomic E-state index is 0.628. The SMILES string of the molecule is c1ccc(-c2cccc(-c3ccc(-c4nc(-c5ccccc5)nc(-c5cc(-c6cccc7c6sc6ccccc67)cc(-c6cccc7c6sc6ccccc67)c5)n4)cc3)c2)cc1. The van der Waals surface area contributed by atoms with Gasteiger partial charge in [0.05, 0.1) is 0 Å². The Morgan fingerprint density at radius 1 is 0.242 bits per heavy atom. The predicted molar refractivity (Wildman–Crippen MR) is 264 cm³/mol. The quantitative estimate of drug-likeness (QED) is 0.161. The highest BCUT2D eigenvalue weighted by Gasteiger charge is 2.19. The Bertz CT molecular complexity index is 3490. The molecule has 12 aromatic rings. The van der Waals surface area contributed by atoms with Gasteiger partial charge in [-0.05, 0) is 80.9 Å². The summed E-state index contributed by atoms with van der Waals surface area (Å²) in [6.07, 6.45) is 0. The summed E-state index contributed by atoms with van der Waals surface area (Å²) in [5.74, 6) is 1.89. The number of aromatic nitrogens is 3. The highest BCUT2D eigenvalue weighted by Crippen LogP contribution is 2.45. The summed E-state index contributed by atoms with van der Waals surface area (Å²) >= 11 is 3.70. The van der Waals surface area contributed by atoms with E-state index in [9.17, 15) is 0 Å². The molecule has 0 bridgehead atoms. The van der Waals surface area contributed by atoms with E-state index in [-0.39, 0.29) is 0 Å². The number of hydrogen-bond donors (Lipinski definition) is 0. The molecule has 0 amide bonds. The normalized spacial score (nSPS) is 11.5. The molecule has 3 aromatic heterocycles. The summed E-state index contributed by atoms with van der Waals surface area (Å²) in [5.41, 5.74) is 12.1. The lowest BCUT2D eigenvalue weighted by Crippen LogP contribution is -2.00. The molecule has 5 heteroatoms. The highest BCUT2D eigenvalue weighted by atomic mass is 32.1. The van der Waals surface area contributed by atoms with Crippen LogP contribution in [-0.4, -0.2) is 15.0 Å². The van der Waals surface area contributed by atoms with Gasteiger partial charge in [-0.3, -0.25) is 0 Å². The van der Waals surface area contributed by atoms with Crippen molar-refractivity contribution >= 4 is 63.0 Å². The number of hydrogen-bond acceptors (Lipinski definition) is 5. The average Bonchev–Trinajstić information content (AvgIpc) is 3.93. The monoisotopic (exact) mass is 825 g/mol. The molecule has 3 heterocycles. The third-order valence-electron chi connectivity index (χ3n) is 11.7. The number of benzene rings is 9. The first-order valence-electron chi connectivity index (χ1n) is 20.7. The van der Waals surface area contributed by atoms with E-state index >= 15 is 0 Å². The first kappa shape index (κ1) is 36.3. The van der Waals surface area contributed by atoms with E-state index < -0.39 is 0 Å². The summed E-state index contributed by atoms with van der Waals surface area (Å²) in [4.78, 5) is 15.7. The molecule has 0 unspecified atom stereocenters. The molecular formula is C57H35N3S2. The van der Waals surface area contributed by atoms with Crippen LogP contribution in [0, 0.1) is 0 Å². The van der Waals surface area contributed by atoms with E-state index in [1.807, 2.05) is 40.9 Å². The molecule has 0 atom stereocenters. The minimum atomic E-state index is 0.628. The maximum Gasteiger partial charge on any atom is 0.164 e. The molecule has 9 aromatic carbocycles. The van der Waals surface area contributed by atoms with E-state index in [1.165, 1.54) is 62.6 Å². The molecule has 0 saturated carbocycles. The van der Waals surface area contributed by atoms with Crippen LogP contribution in [0.3, 0.4) is 0 Å². The van der Waals surface area contributed by atoms with Crippen molar-refractivity contribution in [3.8, 4) is 78.7 Å². The van der Waals surface area contributed by atoms with Gasteiger partial charge in [-0.1, -0.05) is 176 Å². The molecule has 0 saturated heterocycles. The molecule has 3 nitrogen and oxygen atoms in total. The zero-order valence-electron chi connectivity index (χ0n) is 33.4. The molecule has 12 rings (SSSR count). The zero-order valence-corrected chi connectivity index (χ0v) is 35.0. The van der Waals surface area contributed by atoms with Gasteiger partial charge in [0, 0.05) is 57.0 Å². The Kier molecular flexibility index (Phi) is 8.87. The third kappa shape index (κ3) is 6.47. The molecule has 62 heavy (non-hydrogen) atoms. The molecule has 0 aliphatic heterocycles. The van der Waals surface area contributed by atoms with Crippen molar-refractivity contribution in [2.75, 3.05) is 0 Å². The lowest BCUT2D eigenvalue weighted by atomic mass is 9.94. The fraction of sp³-hybridized carbons (Fsp3) is 0. The van der Waals surface area contributed by atoms with Crippen LogP contribution >= 0.6 is 22.7 Å². The van der Waals surface area contributed by atoms with Crippen LogP contribution in [0.25, 0.3) is 119 Å². The van der Waals surface area contributed by atoms with Gasteiger partial charge in [-0.2, -0.15) is 0 Å². The van der Waals surface area contributed by atoms with Gasteiger partial charge in [-0.25, -0.2) is 15.0 Å². The fourth-order valence-corrected chi connectivity index (χ4v) is 11.2. The number of thiophene rings is 2. The van der Waals surface area contributed by atoms with Crippen LogP contribution in [0.1, 0.15) is 0 Å². The van der Waals surface area contributed by atoms with Gasteiger partial charge >= 0.3 is 0 Å². The van der Waals surface area contributed by atoms with Crippen molar-refractivity contribution in [1.82, 2.24) is 15.0 Å². The van der Waals surface area contributed by atoms with Gasteiger partial charge in [0.15, 0.2) is 17.5 Å². The first-order valence-corrected chi connectivity index (χ1v) is 22.4. The molecule has 0 aliphatic carbocycles. The van der Waals surface area contributed by atoms with Crippen molar-refractivity contribution in [2.45, 2.75) is 0 Å². The smallest absolute Gasteiger partial charge is 0.164 e. The Morgan fingerprint density at radius 2 is 0.597 bits per heavy atom. The molecule has 0 aliphatic rings. The van der Waals surface area contributed by atoms with Crippen LogP contribution in [0.4, 0.5) is 0 Å². The van der Waals surface area contributed by atoms with Crippen molar-refractivity contribution < 1.29 is 0 Å². The highest BCUT2D eigenvalue weighted by molar-refractivity contribution is 7.26. The van der Waals surface area contributed by atoms with Crippen LogP contribution in [0.2, 0.25) is 0 Å². The van der Waals surface area contributed by atoms with E-state index in [2.05, 4.69) is 194 Å². The van der Waals surface area contributed by atoms with Gasteiger partial charge in [0.25, 0.3) is 0 Å². The predicted octanol–water partition coefficient (Wildman–Crippen LogP) is 16.3. The molecule has 0 N–H and O–H groups in total. The average molecular weight is 826 g/mol. The van der Waals surface area contributed by atoms with Crippen molar-refractivity contribution in [1.29, 1.82) is 0 Å². The Balaban J connectivity index is 1.04. The van der Waals surface area contributed by atoms with Gasteiger partial charge in [0.1, 0.15) is 0 Å². The maximum atomic E-state index is 5.30. The lowest BCUT2D eigenvalue weighted by molar-refractivity contribution is 1.07. The summed E-state index contributed by atoms with van der Waals surface area (Å²) in [7, 11) is 0. The van der Waals surface area contributed by atoms with Crippen LogP contribution in [0.15, 0.2) is 212 Å². The molecule has 0 spiro atoms. The third-order valence-corrected chi connectivity index (χ3v) is 14.2. The van der Waals surface area contributed by atoms with Crippen molar-refractivity contribution in [2.24, 2.45) is 0 Å². The number of fused-ring (bicyclic) bond motifs is 6. The Hall–Kier alpha value is -7.57. The van der Waals surface area contributed by atoms with Crippen LogP contribution in [-0.2, 0) is 0 Å². The zero-order chi connectivity index (χ0) is 41.0. The van der Waals surface area contributed by atoms with Crippen molar-refractivity contribution in [3.05, 3.63) is 212 Å².